The van der Waals surface area contributed by atoms with Crippen molar-refractivity contribution in [2.45, 2.75) is 25.4 Å². The highest BCUT2D eigenvalue weighted by Crippen LogP contribution is 2.18. The average Bonchev–Trinajstić information content (AvgIpc) is 2.63. The Morgan fingerprint density at radius 3 is 2.94 bits per heavy atom. The second kappa shape index (κ2) is 6.77. The second-order valence-corrected chi connectivity index (χ2v) is 4.77. The van der Waals surface area contributed by atoms with E-state index in [1.54, 1.807) is 6.07 Å². The molecule has 1 saturated heterocycles. The van der Waals surface area contributed by atoms with Crippen molar-refractivity contribution in [2.24, 2.45) is 0 Å². The Morgan fingerprint density at radius 2 is 2.35 bits per heavy atom. The van der Waals surface area contributed by atoms with Gasteiger partial charge in [0.15, 0.2) is 0 Å². The van der Waals surface area contributed by atoms with Gasteiger partial charge in [0.2, 0.25) is 5.95 Å². The van der Waals surface area contributed by atoms with Crippen LogP contribution in [0, 0.1) is 9.52 Å². The van der Waals surface area contributed by atoms with Crippen LogP contribution in [0.3, 0.4) is 0 Å². The first-order valence-electron chi connectivity index (χ1n) is 4.94. The molecule has 0 saturated carbocycles. The Labute approximate surface area is 118 Å². The van der Waals surface area contributed by atoms with E-state index in [9.17, 15) is 8.78 Å². The fourth-order valence-corrected chi connectivity index (χ4v) is 2.08. The van der Waals surface area contributed by atoms with Crippen LogP contribution < -0.4 is 5.32 Å². The van der Waals surface area contributed by atoms with Gasteiger partial charge in [-0.25, -0.2) is 9.37 Å². The zero-order valence-electron chi connectivity index (χ0n) is 8.83. The number of ether oxygens (including phenoxy) is 1. The standard InChI is InChI=1S/C10H11F2IN2O.ClH/c11-6-3-9(15-4-6)16-5-7-8(13)1-2-14-10(7)12;/h1-2,6,9,15H,3-5H2;1H/t6-,9+;/m1./s1. The maximum atomic E-state index is 13.3. The maximum absolute atomic E-state index is 13.3. The molecule has 0 unspecified atom stereocenters. The van der Waals surface area contributed by atoms with Crippen molar-refractivity contribution in [3.8, 4) is 0 Å². The molecule has 2 atom stereocenters. The number of alkyl halides is 1. The van der Waals surface area contributed by atoms with Gasteiger partial charge in [0.25, 0.3) is 0 Å². The van der Waals surface area contributed by atoms with Crippen LogP contribution >= 0.6 is 35.0 Å². The summed E-state index contributed by atoms with van der Waals surface area (Å²) >= 11 is 2.02. The van der Waals surface area contributed by atoms with Gasteiger partial charge in [-0.15, -0.1) is 12.4 Å². The van der Waals surface area contributed by atoms with Crippen molar-refractivity contribution >= 4 is 35.0 Å². The summed E-state index contributed by atoms with van der Waals surface area (Å²) in [6.07, 6.45) is 0.526. The van der Waals surface area contributed by atoms with Gasteiger partial charge in [-0.1, -0.05) is 0 Å². The van der Waals surface area contributed by atoms with E-state index in [0.29, 0.717) is 18.5 Å². The van der Waals surface area contributed by atoms with Crippen molar-refractivity contribution in [3.63, 3.8) is 0 Å². The van der Waals surface area contributed by atoms with E-state index < -0.39 is 12.1 Å². The molecule has 1 aliphatic rings. The number of nitrogens with one attached hydrogen (secondary N) is 1. The van der Waals surface area contributed by atoms with Crippen LogP contribution in [0.4, 0.5) is 8.78 Å². The van der Waals surface area contributed by atoms with Gasteiger partial charge >= 0.3 is 0 Å². The van der Waals surface area contributed by atoms with Gasteiger partial charge in [0.1, 0.15) is 12.4 Å². The molecule has 0 aliphatic carbocycles. The molecule has 2 rings (SSSR count). The Hall–Kier alpha value is -0.0500. The third-order valence-electron chi connectivity index (χ3n) is 2.41. The van der Waals surface area contributed by atoms with E-state index in [1.807, 2.05) is 22.6 Å². The lowest BCUT2D eigenvalue weighted by Crippen LogP contribution is -2.24. The molecule has 1 aliphatic heterocycles. The molecule has 0 radical (unpaired) electrons. The SMILES string of the molecule is Cl.Fc1nccc(I)c1CO[C@H]1C[C@@H](F)CN1. The summed E-state index contributed by atoms with van der Waals surface area (Å²) in [6, 6.07) is 1.71. The summed E-state index contributed by atoms with van der Waals surface area (Å²) in [4.78, 5) is 3.55. The van der Waals surface area contributed by atoms with Crippen LogP contribution in [0.5, 0.6) is 0 Å². The smallest absolute Gasteiger partial charge is 0.219 e. The zero-order chi connectivity index (χ0) is 11.5. The molecule has 3 nitrogen and oxygen atoms in total. The highest BCUT2D eigenvalue weighted by molar-refractivity contribution is 14.1. The maximum Gasteiger partial charge on any atom is 0.219 e. The molecule has 7 heteroatoms. The number of hydrogen-bond acceptors (Lipinski definition) is 3. The Balaban J connectivity index is 0.00000144. The topological polar surface area (TPSA) is 34.1 Å². The first kappa shape index (κ1) is 15.0. The largest absolute Gasteiger partial charge is 0.358 e. The fraction of sp³-hybridized carbons (Fsp3) is 0.500. The monoisotopic (exact) mass is 376 g/mol. The molecule has 1 aromatic rings. The molecule has 0 aromatic carbocycles. The number of halogens is 4. The average molecular weight is 377 g/mol. The highest BCUT2D eigenvalue weighted by Gasteiger charge is 2.24. The minimum absolute atomic E-state index is 0. The van der Waals surface area contributed by atoms with Crippen molar-refractivity contribution in [1.82, 2.24) is 10.3 Å². The van der Waals surface area contributed by atoms with Crippen LogP contribution in [0.25, 0.3) is 0 Å². The fourth-order valence-electron chi connectivity index (χ4n) is 1.54. The van der Waals surface area contributed by atoms with Crippen molar-refractivity contribution in [1.29, 1.82) is 0 Å². The lowest BCUT2D eigenvalue weighted by atomic mass is 10.3. The van der Waals surface area contributed by atoms with E-state index in [4.69, 9.17) is 4.74 Å². The number of rotatable bonds is 3. The predicted octanol–water partition coefficient (Wildman–Crippen LogP) is 2.42. The summed E-state index contributed by atoms with van der Waals surface area (Å²) in [5.41, 5.74) is 0.423. The predicted molar refractivity (Wildman–Crippen MR) is 70.3 cm³/mol. The first-order chi connectivity index (χ1) is 7.66. The number of pyridine rings is 1. The second-order valence-electron chi connectivity index (χ2n) is 3.60. The number of aromatic nitrogens is 1. The minimum atomic E-state index is -0.872. The summed E-state index contributed by atoms with van der Waals surface area (Å²) < 4.78 is 32.3. The number of hydrogen-bond donors (Lipinski definition) is 1. The Morgan fingerprint density at radius 1 is 1.59 bits per heavy atom. The molecule has 17 heavy (non-hydrogen) atoms. The molecule has 2 heterocycles. The van der Waals surface area contributed by atoms with E-state index in [0.717, 1.165) is 3.57 Å². The van der Waals surface area contributed by atoms with Gasteiger partial charge in [-0.05, 0) is 28.7 Å². The molecule has 1 fully saturated rings. The lowest BCUT2D eigenvalue weighted by molar-refractivity contribution is 0.0256. The first-order valence-corrected chi connectivity index (χ1v) is 6.02. The van der Waals surface area contributed by atoms with Crippen LogP contribution in [0.15, 0.2) is 12.3 Å². The summed E-state index contributed by atoms with van der Waals surface area (Å²) in [6.45, 7) is 0.416. The van der Waals surface area contributed by atoms with E-state index in [2.05, 4.69) is 10.3 Å². The molecule has 0 spiro atoms. The van der Waals surface area contributed by atoms with E-state index in [1.165, 1.54) is 6.20 Å². The van der Waals surface area contributed by atoms with Crippen LogP contribution in [0.1, 0.15) is 12.0 Å². The summed E-state index contributed by atoms with van der Waals surface area (Å²) in [7, 11) is 0. The summed E-state index contributed by atoms with van der Waals surface area (Å²) in [5.74, 6) is -0.526. The van der Waals surface area contributed by atoms with Crippen LogP contribution in [-0.4, -0.2) is 23.9 Å². The third-order valence-corrected chi connectivity index (χ3v) is 3.42. The molecular weight excluding hydrogens is 364 g/mol. The summed E-state index contributed by atoms with van der Waals surface area (Å²) in [5, 5.41) is 2.87. The molecule has 96 valence electrons. The van der Waals surface area contributed by atoms with Crippen LogP contribution in [-0.2, 0) is 11.3 Å². The van der Waals surface area contributed by atoms with Gasteiger partial charge in [-0.3, -0.25) is 5.32 Å². The lowest BCUT2D eigenvalue weighted by Gasteiger charge is -2.12. The Bertz CT molecular complexity index is 363. The molecule has 1 aromatic heterocycles. The molecule has 0 amide bonds. The van der Waals surface area contributed by atoms with E-state index in [-0.39, 0.29) is 25.2 Å². The molecular formula is C10H12ClF2IN2O. The van der Waals surface area contributed by atoms with Gasteiger partial charge in [0.05, 0.1) is 6.61 Å². The van der Waals surface area contributed by atoms with Crippen molar-refractivity contribution in [2.75, 3.05) is 6.54 Å². The third kappa shape index (κ3) is 3.97. The Kier molecular flexibility index (Phi) is 5.98. The minimum Gasteiger partial charge on any atom is -0.358 e. The molecule has 0 bridgehead atoms. The zero-order valence-corrected chi connectivity index (χ0v) is 11.8. The normalized spacial score (nSPS) is 23.5. The van der Waals surface area contributed by atoms with Crippen LogP contribution in [0.2, 0.25) is 0 Å². The highest BCUT2D eigenvalue weighted by atomic mass is 127. The van der Waals surface area contributed by atoms with Crippen molar-refractivity contribution < 1.29 is 13.5 Å². The van der Waals surface area contributed by atoms with E-state index >= 15 is 0 Å². The number of nitrogens with zero attached hydrogens (tertiary/aromatic N) is 1. The quantitative estimate of drug-likeness (QED) is 0.650. The van der Waals surface area contributed by atoms with Gasteiger partial charge in [0, 0.05) is 28.3 Å². The van der Waals surface area contributed by atoms with Gasteiger partial charge in [-0.2, -0.15) is 4.39 Å². The van der Waals surface area contributed by atoms with Crippen molar-refractivity contribution in [3.05, 3.63) is 27.3 Å². The van der Waals surface area contributed by atoms with Gasteiger partial charge < -0.3 is 4.74 Å². The molecule has 1 N–H and O–H groups in total.